The molecule has 6 nitrogen and oxygen atoms in total. The van der Waals surface area contributed by atoms with Gasteiger partial charge in [-0.25, -0.2) is 17.5 Å². The normalized spacial score (nSPS) is 11.0. The van der Waals surface area contributed by atoms with Gasteiger partial charge in [0.15, 0.2) is 0 Å². The molecule has 8 heteroatoms. The van der Waals surface area contributed by atoms with Crippen molar-refractivity contribution in [3.63, 3.8) is 0 Å². The number of hydrogen-bond donors (Lipinski definition) is 1. The maximum Gasteiger partial charge on any atom is 0.265 e. The Kier molecular flexibility index (Phi) is 4.94. The van der Waals surface area contributed by atoms with E-state index in [2.05, 4.69) is 4.98 Å². The van der Waals surface area contributed by atoms with Gasteiger partial charge in [-0.1, -0.05) is 0 Å². The van der Waals surface area contributed by atoms with Gasteiger partial charge in [-0.15, -0.1) is 0 Å². The number of sulfonamides is 1. The summed E-state index contributed by atoms with van der Waals surface area (Å²) >= 11 is 0. The molecule has 0 aliphatic heterocycles. The number of rotatable bonds is 5. The topological polar surface area (TPSA) is 85.4 Å². The van der Waals surface area contributed by atoms with E-state index in [4.69, 9.17) is 4.74 Å². The second-order valence-corrected chi connectivity index (χ2v) is 6.89. The van der Waals surface area contributed by atoms with Crippen LogP contribution in [0.5, 0.6) is 11.5 Å². The Morgan fingerprint density at radius 1 is 0.962 bits per heavy atom. The van der Waals surface area contributed by atoms with Crippen LogP contribution in [0.3, 0.4) is 0 Å². The van der Waals surface area contributed by atoms with Crippen LogP contribution in [0.25, 0.3) is 0 Å². The quantitative estimate of drug-likeness (QED) is 0.744. The number of carbonyl (C=O) groups is 1. The SMILES string of the molecule is O=C(NS(=O)(=O)c1ccc(F)cc1)c1ccc(Oc2cccnc2)cc1. The van der Waals surface area contributed by atoms with Gasteiger partial charge in [0.2, 0.25) is 0 Å². The molecule has 0 bridgehead atoms. The predicted molar refractivity (Wildman–Crippen MR) is 91.8 cm³/mol. The van der Waals surface area contributed by atoms with Gasteiger partial charge >= 0.3 is 0 Å². The average molecular weight is 372 g/mol. The van der Waals surface area contributed by atoms with E-state index in [0.717, 1.165) is 24.3 Å². The fraction of sp³-hybridized carbons (Fsp3) is 0. The molecule has 0 fully saturated rings. The second-order valence-electron chi connectivity index (χ2n) is 5.20. The van der Waals surface area contributed by atoms with E-state index >= 15 is 0 Å². The van der Waals surface area contributed by atoms with Crippen molar-refractivity contribution >= 4 is 15.9 Å². The molecule has 1 N–H and O–H groups in total. The van der Waals surface area contributed by atoms with Crippen molar-refractivity contribution in [3.8, 4) is 11.5 Å². The first-order chi connectivity index (χ1) is 12.4. The number of pyridine rings is 1. The van der Waals surface area contributed by atoms with E-state index in [9.17, 15) is 17.6 Å². The molecular formula is C18H13FN2O4S. The molecule has 1 amide bonds. The fourth-order valence-corrected chi connectivity index (χ4v) is 3.05. The zero-order valence-corrected chi connectivity index (χ0v) is 14.1. The van der Waals surface area contributed by atoms with Crippen LogP contribution in [0.15, 0.2) is 78.0 Å². The van der Waals surface area contributed by atoms with E-state index in [1.807, 2.05) is 4.72 Å². The maximum atomic E-state index is 12.9. The number of aromatic nitrogens is 1. The van der Waals surface area contributed by atoms with Gasteiger partial charge in [0, 0.05) is 11.8 Å². The Labute approximate surface area is 149 Å². The maximum absolute atomic E-state index is 12.9. The Morgan fingerprint density at radius 2 is 1.65 bits per heavy atom. The van der Waals surface area contributed by atoms with Crippen molar-refractivity contribution in [1.29, 1.82) is 0 Å². The smallest absolute Gasteiger partial charge is 0.265 e. The lowest BCUT2D eigenvalue weighted by molar-refractivity contribution is 0.0981. The summed E-state index contributed by atoms with van der Waals surface area (Å²) in [5.41, 5.74) is 0.134. The summed E-state index contributed by atoms with van der Waals surface area (Å²) in [6, 6.07) is 13.5. The highest BCUT2D eigenvalue weighted by molar-refractivity contribution is 7.90. The van der Waals surface area contributed by atoms with E-state index < -0.39 is 21.7 Å². The lowest BCUT2D eigenvalue weighted by Crippen LogP contribution is -2.30. The first-order valence-corrected chi connectivity index (χ1v) is 8.93. The standard InChI is InChI=1S/C18H13FN2O4S/c19-14-5-9-17(10-6-14)26(23,24)21-18(22)13-3-7-15(8-4-13)25-16-2-1-11-20-12-16/h1-12H,(H,21,22). The van der Waals surface area contributed by atoms with Crippen LogP contribution in [0.4, 0.5) is 4.39 Å². The Bertz CT molecular complexity index is 1010. The van der Waals surface area contributed by atoms with Crippen molar-refractivity contribution in [2.24, 2.45) is 0 Å². The van der Waals surface area contributed by atoms with Crippen molar-refractivity contribution in [2.75, 3.05) is 0 Å². The molecule has 2 aromatic carbocycles. The van der Waals surface area contributed by atoms with Crippen molar-refractivity contribution < 1.29 is 22.3 Å². The molecule has 0 unspecified atom stereocenters. The summed E-state index contributed by atoms with van der Waals surface area (Å²) < 4.78 is 44.7. The molecule has 1 heterocycles. The molecule has 26 heavy (non-hydrogen) atoms. The molecule has 3 aromatic rings. The second kappa shape index (κ2) is 7.32. The van der Waals surface area contributed by atoms with E-state index in [-0.39, 0.29) is 10.5 Å². The number of nitrogens with one attached hydrogen (secondary N) is 1. The van der Waals surface area contributed by atoms with Crippen LogP contribution in [-0.2, 0) is 10.0 Å². The van der Waals surface area contributed by atoms with Crippen molar-refractivity contribution in [2.45, 2.75) is 4.90 Å². The highest BCUT2D eigenvalue weighted by atomic mass is 32.2. The Balaban J connectivity index is 1.71. The molecule has 0 aliphatic carbocycles. The molecule has 3 rings (SSSR count). The number of carbonyl (C=O) groups excluding carboxylic acids is 1. The van der Waals surface area contributed by atoms with Gasteiger partial charge in [0.1, 0.15) is 17.3 Å². The van der Waals surface area contributed by atoms with Crippen LogP contribution in [0.1, 0.15) is 10.4 Å². The fourth-order valence-electron chi connectivity index (χ4n) is 2.07. The minimum Gasteiger partial charge on any atom is -0.456 e. The van der Waals surface area contributed by atoms with Crippen LogP contribution in [-0.4, -0.2) is 19.3 Å². The summed E-state index contributed by atoms with van der Waals surface area (Å²) in [5, 5.41) is 0. The number of amides is 1. The predicted octanol–water partition coefficient (Wildman–Crippen LogP) is 3.13. The van der Waals surface area contributed by atoms with Gasteiger partial charge < -0.3 is 4.74 Å². The lowest BCUT2D eigenvalue weighted by Gasteiger charge is -2.08. The van der Waals surface area contributed by atoms with Gasteiger partial charge in [-0.2, -0.15) is 0 Å². The summed E-state index contributed by atoms with van der Waals surface area (Å²) in [4.78, 5) is 15.9. The highest BCUT2D eigenvalue weighted by Crippen LogP contribution is 2.20. The van der Waals surface area contributed by atoms with Crippen LogP contribution >= 0.6 is 0 Å². The first-order valence-electron chi connectivity index (χ1n) is 7.45. The molecule has 1 aromatic heterocycles. The molecule has 0 atom stereocenters. The number of nitrogens with zero attached hydrogens (tertiary/aromatic N) is 1. The summed E-state index contributed by atoms with van der Waals surface area (Å²) in [5.74, 6) is -0.374. The number of benzene rings is 2. The van der Waals surface area contributed by atoms with Crippen molar-refractivity contribution in [1.82, 2.24) is 9.71 Å². The van der Waals surface area contributed by atoms with Gasteiger partial charge in [0.05, 0.1) is 11.1 Å². The third kappa shape index (κ3) is 4.22. The molecule has 0 aliphatic rings. The Morgan fingerprint density at radius 3 is 2.27 bits per heavy atom. The number of ether oxygens (including phenoxy) is 1. The molecule has 0 radical (unpaired) electrons. The molecule has 0 spiro atoms. The monoisotopic (exact) mass is 372 g/mol. The minimum absolute atomic E-state index is 0.134. The van der Waals surface area contributed by atoms with E-state index in [0.29, 0.717) is 11.5 Å². The van der Waals surface area contributed by atoms with E-state index in [1.165, 1.54) is 30.5 Å². The summed E-state index contributed by atoms with van der Waals surface area (Å²) in [6.45, 7) is 0. The first kappa shape index (κ1) is 17.6. The van der Waals surface area contributed by atoms with E-state index in [1.54, 1.807) is 18.3 Å². The molecule has 0 saturated carbocycles. The van der Waals surface area contributed by atoms with Gasteiger partial charge in [-0.3, -0.25) is 9.78 Å². The van der Waals surface area contributed by atoms with Crippen LogP contribution in [0, 0.1) is 5.82 Å². The summed E-state index contributed by atoms with van der Waals surface area (Å²) in [7, 11) is -4.09. The summed E-state index contributed by atoms with van der Waals surface area (Å²) in [6.07, 6.45) is 3.15. The number of hydrogen-bond acceptors (Lipinski definition) is 5. The van der Waals surface area contributed by atoms with Crippen molar-refractivity contribution in [3.05, 3.63) is 84.4 Å². The lowest BCUT2D eigenvalue weighted by atomic mass is 10.2. The Hall–Kier alpha value is -3.26. The third-order valence-corrected chi connectivity index (χ3v) is 4.68. The third-order valence-electron chi connectivity index (χ3n) is 3.34. The zero-order chi connectivity index (χ0) is 18.6. The van der Waals surface area contributed by atoms with Crippen LogP contribution < -0.4 is 9.46 Å². The highest BCUT2D eigenvalue weighted by Gasteiger charge is 2.18. The molecule has 0 saturated heterocycles. The molecule has 132 valence electrons. The van der Waals surface area contributed by atoms with Crippen LogP contribution in [0.2, 0.25) is 0 Å². The van der Waals surface area contributed by atoms with Gasteiger partial charge in [-0.05, 0) is 60.7 Å². The number of halogens is 1. The minimum atomic E-state index is -4.09. The largest absolute Gasteiger partial charge is 0.456 e. The molecular weight excluding hydrogens is 359 g/mol. The zero-order valence-electron chi connectivity index (χ0n) is 13.3. The average Bonchev–Trinajstić information content (AvgIpc) is 2.63. The van der Waals surface area contributed by atoms with Gasteiger partial charge in [0.25, 0.3) is 15.9 Å².